The highest BCUT2D eigenvalue weighted by Crippen LogP contribution is 2.25. The topological polar surface area (TPSA) is 35.8 Å². The van der Waals surface area contributed by atoms with E-state index in [-0.39, 0.29) is 0 Å². The van der Waals surface area contributed by atoms with Gasteiger partial charge in [0.2, 0.25) is 0 Å². The van der Waals surface area contributed by atoms with E-state index >= 15 is 0 Å². The van der Waals surface area contributed by atoms with Gasteiger partial charge in [-0.15, -0.1) is 0 Å². The minimum atomic E-state index is 0.607. The number of rotatable bonds is 5. The molecule has 0 saturated heterocycles. The van der Waals surface area contributed by atoms with Gasteiger partial charge in [0, 0.05) is 18.0 Å². The van der Waals surface area contributed by atoms with Crippen molar-refractivity contribution in [3.63, 3.8) is 0 Å². The second-order valence-corrected chi connectivity index (χ2v) is 4.01. The van der Waals surface area contributed by atoms with Crippen LogP contribution in [0.4, 0.5) is 5.69 Å². The van der Waals surface area contributed by atoms with Gasteiger partial charge in [-0.3, -0.25) is 0 Å². The smallest absolute Gasteiger partial charge is 0.0652 e. The van der Waals surface area contributed by atoms with Crippen molar-refractivity contribution in [2.45, 2.75) is 19.3 Å². The molecular weight excluding hydrogens is 231 g/mol. The van der Waals surface area contributed by atoms with E-state index in [4.69, 9.17) is 28.5 Å². The van der Waals surface area contributed by atoms with Crippen molar-refractivity contribution in [1.29, 1.82) is 5.26 Å². The Kier molecular flexibility index (Phi) is 5.31. The van der Waals surface area contributed by atoms with Crippen LogP contribution in [0.3, 0.4) is 0 Å². The molecule has 0 spiro atoms. The fourth-order valence-corrected chi connectivity index (χ4v) is 1.66. The molecule has 0 heterocycles. The lowest BCUT2D eigenvalue weighted by Crippen LogP contribution is -2.01. The predicted octanol–water partition coefficient (Wildman–Crippen LogP) is 4.10. The van der Waals surface area contributed by atoms with Gasteiger partial charge in [-0.1, -0.05) is 23.2 Å². The molecule has 2 nitrogen and oxygen atoms in total. The van der Waals surface area contributed by atoms with Crippen LogP contribution in [-0.4, -0.2) is 6.54 Å². The van der Waals surface area contributed by atoms with Gasteiger partial charge < -0.3 is 5.32 Å². The van der Waals surface area contributed by atoms with Crippen molar-refractivity contribution < 1.29 is 0 Å². The number of hydrogen-bond acceptors (Lipinski definition) is 2. The lowest BCUT2D eigenvalue weighted by atomic mass is 10.2. The van der Waals surface area contributed by atoms with Crippen LogP contribution in [0.5, 0.6) is 0 Å². The Morgan fingerprint density at radius 1 is 1.27 bits per heavy atom. The molecule has 0 saturated carbocycles. The highest BCUT2D eigenvalue weighted by Gasteiger charge is 1.99. The number of anilines is 1. The first kappa shape index (κ1) is 12.2. The summed E-state index contributed by atoms with van der Waals surface area (Å²) < 4.78 is 0. The Morgan fingerprint density at radius 3 is 2.73 bits per heavy atom. The summed E-state index contributed by atoms with van der Waals surface area (Å²) in [7, 11) is 0. The predicted molar refractivity (Wildman–Crippen MR) is 64.4 cm³/mol. The first-order chi connectivity index (χ1) is 7.24. The molecule has 80 valence electrons. The average molecular weight is 243 g/mol. The Bertz CT molecular complexity index is 358. The Balaban J connectivity index is 2.35. The van der Waals surface area contributed by atoms with Crippen molar-refractivity contribution in [2.24, 2.45) is 0 Å². The third kappa shape index (κ3) is 4.42. The van der Waals surface area contributed by atoms with Gasteiger partial charge in [0.25, 0.3) is 0 Å². The van der Waals surface area contributed by atoms with E-state index in [1.165, 1.54) is 0 Å². The summed E-state index contributed by atoms with van der Waals surface area (Å²) in [6, 6.07) is 7.48. The standard InChI is InChI=1S/C11H12Cl2N2/c12-9-4-5-11(10(13)8-9)15-7-3-1-2-6-14/h4-5,8,15H,1-3,7H2. The van der Waals surface area contributed by atoms with Crippen LogP contribution < -0.4 is 5.32 Å². The summed E-state index contributed by atoms with van der Waals surface area (Å²) in [5.41, 5.74) is 0.887. The van der Waals surface area contributed by atoms with Gasteiger partial charge >= 0.3 is 0 Å². The third-order valence-corrected chi connectivity index (χ3v) is 2.51. The molecule has 0 aliphatic rings. The number of benzene rings is 1. The van der Waals surface area contributed by atoms with Crippen LogP contribution >= 0.6 is 23.2 Å². The van der Waals surface area contributed by atoms with Gasteiger partial charge in [-0.05, 0) is 31.0 Å². The highest BCUT2D eigenvalue weighted by molar-refractivity contribution is 6.36. The van der Waals surface area contributed by atoms with Gasteiger partial charge in [-0.2, -0.15) is 5.26 Å². The van der Waals surface area contributed by atoms with Crippen LogP contribution in [0.15, 0.2) is 18.2 Å². The van der Waals surface area contributed by atoms with Crippen LogP contribution in [-0.2, 0) is 0 Å². The van der Waals surface area contributed by atoms with E-state index in [9.17, 15) is 0 Å². The number of hydrogen-bond donors (Lipinski definition) is 1. The van der Waals surface area contributed by atoms with E-state index in [2.05, 4.69) is 11.4 Å². The van der Waals surface area contributed by atoms with Crippen molar-refractivity contribution in [3.8, 4) is 6.07 Å². The summed E-state index contributed by atoms with van der Waals surface area (Å²) >= 11 is 11.7. The molecule has 0 unspecified atom stereocenters. The first-order valence-electron chi connectivity index (χ1n) is 4.80. The molecule has 1 aromatic carbocycles. The molecule has 0 aromatic heterocycles. The molecule has 1 rings (SSSR count). The molecule has 0 aliphatic carbocycles. The third-order valence-electron chi connectivity index (χ3n) is 1.96. The van der Waals surface area contributed by atoms with Crippen LogP contribution in [0, 0.1) is 11.3 Å². The van der Waals surface area contributed by atoms with Crippen molar-refractivity contribution in [3.05, 3.63) is 28.2 Å². The molecule has 4 heteroatoms. The monoisotopic (exact) mass is 242 g/mol. The van der Waals surface area contributed by atoms with E-state index < -0.39 is 0 Å². The van der Waals surface area contributed by atoms with Gasteiger partial charge in [-0.25, -0.2) is 0 Å². The second-order valence-electron chi connectivity index (χ2n) is 3.17. The Morgan fingerprint density at radius 2 is 2.07 bits per heavy atom. The molecular formula is C11H12Cl2N2. The van der Waals surface area contributed by atoms with Crippen LogP contribution in [0.2, 0.25) is 10.0 Å². The number of nitriles is 1. The zero-order valence-corrected chi connectivity index (χ0v) is 9.78. The lowest BCUT2D eigenvalue weighted by molar-refractivity contribution is 0.785. The largest absolute Gasteiger partial charge is 0.384 e. The van der Waals surface area contributed by atoms with E-state index in [1.807, 2.05) is 6.07 Å². The number of nitrogens with one attached hydrogen (secondary N) is 1. The zero-order valence-electron chi connectivity index (χ0n) is 8.26. The highest BCUT2D eigenvalue weighted by atomic mass is 35.5. The van der Waals surface area contributed by atoms with Gasteiger partial charge in [0.1, 0.15) is 0 Å². The summed E-state index contributed by atoms with van der Waals surface area (Å²) in [6.07, 6.45) is 2.48. The maximum absolute atomic E-state index is 8.35. The number of unbranched alkanes of at least 4 members (excludes halogenated alkanes) is 2. The molecule has 1 N–H and O–H groups in total. The molecule has 0 bridgehead atoms. The van der Waals surface area contributed by atoms with Crippen LogP contribution in [0.1, 0.15) is 19.3 Å². The fraction of sp³-hybridized carbons (Fsp3) is 0.364. The number of halogens is 2. The fourth-order valence-electron chi connectivity index (χ4n) is 1.18. The summed E-state index contributed by atoms with van der Waals surface area (Å²) in [5, 5.41) is 12.8. The van der Waals surface area contributed by atoms with Gasteiger partial charge in [0.15, 0.2) is 0 Å². The van der Waals surface area contributed by atoms with E-state index in [0.717, 1.165) is 25.1 Å². The lowest BCUT2D eigenvalue weighted by Gasteiger charge is -2.07. The van der Waals surface area contributed by atoms with E-state index in [1.54, 1.807) is 12.1 Å². The maximum Gasteiger partial charge on any atom is 0.0652 e. The van der Waals surface area contributed by atoms with Crippen molar-refractivity contribution in [2.75, 3.05) is 11.9 Å². The molecule has 15 heavy (non-hydrogen) atoms. The average Bonchev–Trinajstić information content (AvgIpc) is 2.20. The minimum Gasteiger partial charge on any atom is -0.384 e. The SMILES string of the molecule is N#CCCCCNc1ccc(Cl)cc1Cl. The molecule has 0 amide bonds. The second kappa shape index (κ2) is 6.55. The quantitative estimate of drug-likeness (QED) is 0.790. The summed E-state index contributed by atoms with van der Waals surface area (Å²) in [5.74, 6) is 0. The minimum absolute atomic E-state index is 0.607. The summed E-state index contributed by atoms with van der Waals surface area (Å²) in [4.78, 5) is 0. The Hall–Kier alpha value is -0.910. The zero-order chi connectivity index (χ0) is 11.1. The molecule has 1 aromatic rings. The van der Waals surface area contributed by atoms with E-state index in [0.29, 0.717) is 16.5 Å². The van der Waals surface area contributed by atoms with Crippen LogP contribution in [0.25, 0.3) is 0 Å². The molecule has 0 atom stereocenters. The van der Waals surface area contributed by atoms with Gasteiger partial charge in [0.05, 0.1) is 16.8 Å². The van der Waals surface area contributed by atoms with Crippen molar-refractivity contribution in [1.82, 2.24) is 0 Å². The normalized spacial score (nSPS) is 9.67. The Labute approximate surface area is 99.8 Å². The van der Waals surface area contributed by atoms with Crippen molar-refractivity contribution >= 4 is 28.9 Å². The molecule has 0 fully saturated rings. The number of nitrogens with zero attached hydrogens (tertiary/aromatic N) is 1. The first-order valence-corrected chi connectivity index (χ1v) is 5.55. The summed E-state index contributed by atoms with van der Waals surface area (Å²) in [6.45, 7) is 0.822. The maximum atomic E-state index is 8.35. The molecule has 0 aliphatic heterocycles. The molecule has 0 radical (unpaired) electrons.